The van der Waals surface area contributed by atoms with Gasteiger partial charge in [0.25, 0.3) is 0 Å². The lowest BCUT2D eigenvalue weighted by Crippen LogP contribution is -2.27. The SMILES string of the molecule is CCCC(=O)N(C)c1ncccc1N. The Morgan fingerprint density at radius 2 is 2.36 bits per heavy atom. The van der Waals surface area contributed by atoms with Crippen molar-refractivity contribution in [1.29, 1.82) is 0 Å². The highest BCUT2D eigenvalue weighted by Crippen LogP contribution is 2.18. The van der Waals surface area contributed by atoms with Gasteiger partial charge in [-0.15, -0.1) is 0 Å². The molecule has 0 unspecified atom stereocenters. The minimum absolute atomic E-state index is 0.0397. The van der Waals surface area contributed by atoms with E-state index in [0.717, 1.165) is 6.42 Å². The van der Waals surface area contributed by atoms with E-state index >= 15 is 0 Å². The number of amides is 1. The number of hydrogen-bond donors (Lipinski definition) is 1. The molecule has 4 heteroatoms. The van der Waals surface area contributed by atoms with E-state index in [9.17, 15) is 4.79 Å². The molecule has 1 aromatic rings. The first-order valence-corrected chi connectivity index (χ1v) is 4.64. The fourth-order valence-electron chi connectivity index (χ4n) is 1.19. The normalized spacial score (nSPS) is 9.86. The van der Waals surface area contributed by atoms with Crippen LogP contribution in [0.25, 0.3) is 0 Å². The van der Waals surface area contributed by atoms with Gasteiger partial charge in [0.1, 0.15) is 0 Å². The quantitative estimate of drug-likeness (QED) is 0.789. The van der Waals surface area contributed by atoms with Crippen molar-refractivity contribution in [3.05, 3.63) is 18.3 Å². The first-order chi connectivity index (χ1) is 6.66. The fraction of sp³-hybridized carbons (Fsp3) is 0.400. The number of carbonyl (C=O) groups is 1. The van der Waals surface area contributed by atoms with Gasteiger partial charge in [0, 0.05) is 19.7 Å². The van der Waals surface area contributed by atoms with Gasteiger partial charge in [-0.25, -0.2) is 4.98 Å². The average Bonchev–Trinajstić information content (AvgIpc) is 2.18. The predicted molar refractivity (Wildman–Crippen MR) is 57.0 cm³/mol. The maximum atomic E-state index is 11.5. The van der Waals surface area contributed by atoms with Gasteiger partial charge in [0.2, 0.25) is 5.91 Å². The maximum absolute atomic E-state index is 11.5. The van der Waals surface area contributed by atoms with Gasteiger partial charge < -0.3 is 5.73 Å². The van der Waals surface area contributed by atoms with Gasteiger partial charge in [-0.3, -0.25) is 9.69 Å². The summed E-state index contributed by atoms with van der Waals surface area (Å²) >= 11 is 0. The monoisotopic (exact) mass is 193 g/mol. The molecule has 1 aromatic heterocycles. The highest BCUT2D eigenvalue weighted by atomic mass is 16.2. The fourth-order valence-corrected chi connectivity index (χ4v) is 1.19. The van der Waals surface area contributed by atoms with Crippen LogP contribution in [0.3, 0.4) is 0 Å². The molecule has 1 amide bonds. The van der Waals surface area contributed by atoms with Crippen molar-refractivity contribution in [2.24, 2.45) is 0 Å². The van der Waals surface area contributed by atoms with Crippen molar-refractivity contribution in [3.8, 4) is 0 Å². The smallest absolute Gasteiger partial charge is 0.227 e. The van der Waals surface area contributed by atoms with Gasteiger partial charge >= 0.3 is 0 Å². The van der Waals surface area contributed by atoms with Crippen molar-refractivity contribution >= 4 is 17.4 Å². The van der Waals surface area contributed by atoms with Crippen LogP contribution in [-0.4, -0.2) is 17.9 Å². The lowest BCUT2D eigenvalue weighted by Gasteiger charge is -2.17. The Kier molecular flexibility index (Phi) is 3.45. The Bertz CT molecular complexity index is 325. The van der Waals surface area contributed by atoms with E-state index in [0.29, 0.717) is 17.9 Å². The number of anilines is 2. The molecule has 0 radical (unpaired) electrons. The molecule has 14 heavy (non-hydrogen) atoms. The highest BCUT2D eigenvalue weighted by molar-refractivity contribution is 5.94. The van der Waals surface area contributed by atoms with Crippen LogP contribution < -0.4 is 10.6 Å². The molecule has 0 fully saturated rings. The Labute approximate surface area is 83.7 Å². The molecule has 0 aliphatic rings. The molecule has 0 saturated heterocycles. The average molecular weight is 193 g/mol. The van der Waals surface area contributed by atoms with E-state index < -0.39 is 0 Å². The summed E-state index contributed by atoms with van der Waals surface area (Å²) in [5.41, 5.74) is 6.23. The summed E-state index contributed by atoms with van der Waals surface area (Å²) in [6.45, 7) is 1.97. The summed E-state index contributed by atoms with van der Waals surface area (Å²) < 4.78 is 0. The molecular weight excluding hydrogens is 178 g/mol. The molecule has 0 aliphatic heterocycles. The van der Waals surface area contributed by atoms with Gasteiger partial charge in [-0.1, -0.05) is 6.92 Å². The molecular formula is C10H15N3O. The number of aromatic nitrogens is 1. The third-order valence-electron chi connectivity index (χ3n) is 1.97. The molecule has 0 spiro atoms. The van der Waals surface area contributed by atoms with E-state index in [4.69, 9.17) is 5.73 Å². The molecule has 0 saturated carbocycles. The van der Waals surface area contributed by atoms with Crippen LogP contribution in [-0.2, 0) is 4.79 Å². The minimum Gasteiger partial charge on any atom is -0.396 e. The largest absolute Gasteiger partial charge is 0.396 e. The summed E-state index contributed by atoms with van der Waals surface area (Å²) in [4.78, 5) is 17.1. The lowest BCUT2D eigenvalue weighted by atomic mass is 10.3. The van der Waals surface area contributed by atoms with Crippen molar-refractivity contribution in [3.63, 3.8) is 0 Å². The molecule has 0 aromatic carbocycles. The summed E-state index contributed by atoms with van der Waals surface area (Å²) in [6, 6.07) is 3.48. The first kappa shape index (κ1) is 10.5. The number of nitrogen functional groups attached to an aromatic ring is 1. The number of rotatable bonds is 3. The van der Waals surface area contributed by atoms with Crippen LogP contribution in [0.15, 0.2) is 18.3 Å². The predicted octanol–water partition coefficient (Wildman–Crippen LogP) is 1.43. The van der Waals surface area contributed by atoms with Crippen LogP contribution in [0, 0.1) is 0 Å². The molecule has 0 aliphatic carbocycles. The standard InChI is InChI=1S/C10H15N3O/c1-3-5-9(14)13(2)10-8(11)6-4-7-12-10/h4,6-7H,3,5,11H2,1-2H3. The topological polar surface area (TPSA) is 59.2 Å². The lowest BCUT2D eigenvalue weighted by molar-refractivity contribution is -0.118. The molecule has 1 rings (SSSR count). The Morgan fingerprint density at radius 1 is 1.64 bits per heavy atom. The molecule has 2 N–H and O–H groups in total. The number of pyridine rings is 1. The number of carbonyl (C=O) groups excluding carboxylic acids is 1. The zero-order valence-electron chi connectivity index (χ0n) is 8.53. The highest BCUT2D eigenvalue weighted by Gasteiger charge is 2.12. The molecule has 4 nitrogen and oxygen atoms in total. The number of nitrogens with zero attached hydrogens (tertiary/aromatic N) is 2. The van der Waals surface area contributed by atoms with Gasteiger partial charge in [-0.05, 0) is 18.6 Å². The number of hydrogen-bond acceptors (Lipinski definition) is 3. The summed E-state index contributed by atoms with van der Waals surface area (Å²) in [5.74, 6) is 0.573. The van der Waals surface area contributed by atoms with Crippen LogP contribution in [0.2, 0.25) is 0 Å². The second-order valence-electron chi connectivity index (χ2n) is 3.12. The third kappa shape index (κ3) is 2.22. The molecule has 0 bridgehead atoms. The van der Waals surface area contributed by atoms with Crippen LogP contribution >= 0.6 is 0 Å². The maximum Gasteiger partial charge on any atom is 0.227 e. The third-order valence-corrected chi connectivity index (χ3v) is 1.97. The summed E-state index contributed by atoms with van der Waals surface area (Å²) in [5, 5.41) is 0. The van der Waals surface area contributed by atoms with Crippen molar-refractivity contribution in [2.75, 3.05) is 17.7 Å². The van der Waals surface area contributed by atoms with Gasteiger partial charge in [0.15, 0.2) is 5.82 Å². The summed E-state index contributed by atoms with van der Waals surface area (Å²) in [6.07, 6.45) is 2.98. The van der Waals surface area contributed by atoms with Crippen molar-refractivity contribution < 1.29 is 4.79 Å². The van der Waals surface area contributed by atoms with E-state index in [1.165, 1.54) is 4.90 Å². The molecule has 1 heterocycles. The second kappa shape index (κ2) is 4.60. The van der Waals surface area contributed by atoms with Gasteiger partial charge in [0.05, 0.1) is 5.69 Å². The Morgan fingerprint density at radius 3 is 2.93 bits per heavy atom. The van der Waals surface area contributed by atoms with Crippen LogP contribution in [0.4, 0.5) is 11.5 Å². The second-order valence-corrected chi connectivity index (χ2v) is 3.12. The zero-order chi connectivity index (χ0) is 10.6. The number of nitrogens with two attached hydrogens (primary N) is 1. The van der Waals surface area contributed by atoms with E-state index in [1.807, 2.05) is 6.92 Å². The van der Waals surface area contributed by atoms with Crippen LogP contribution in [0.1, 0.15) is 19.8 Å². The van der Waals surface area contributed by atoms with E-state index in [1.54, 1.807) is 25.4 Å². The van der Waals surface area contributed by atoms with Crippen molar-refractivity contribution in [1.82, 2.24) is 4.98 Å². The van der Waals surface area contributed by atoms with E-state index in [-0.39, 0.29) is 5.91 Å². The zero-order valence-corrected chi connectivity index (χ0v) is 8.53. The van der Waals surface area contributed by atoms with Crippen molar-refractivity contribution in [2.45, 2.75) is 19.8 Å². The minimum atomic E-state index is 0.0397. The Hall–Kier alpha value is -1.58. The summed E-state index contributed by atoms with van der Waals surface area (Å²) in [7, 11) is 1.69. The molecule has 76 valence electrons. The van der Waals surface area contributed by atoms with Gasteiger partial charge in [-0.2, -0.15) is 0 Å². The first-order valence-electron chi connectivity index (χ1n) is 4.64. The Balaban J connectivity index is 2.84. The molecule has 0 atom stereocenters. The van der Waals surface area contributed by atoms with Crippen LogP contribution in [0.5, 0.6) is 0 Å². The van der Waals surface area contributed by atoms with E-state index in [2.05, 4.69) is 4.98 Å².